The first-order valence-electron chi connectivity index (χ1n) is 6.39. The van der Waals surface area contributed by atoms with Gasteiger partial charge < -0.3 is 10.2 Å². The summed E-state index contributed by atoms with van der Waals surface area (Å²) >= 11 is 0. The van der Waals surface area contributed by atoms with Crippen LogP contribution in [-0.2, 0) is 14.0 Å². The molecule has 0 fully saturated rings. The molecule has 0 aromatic rings. The first-order chi connectivity index (χ1) is 8.23. The Morgan fingerprint density at radius 2 is 1.47 bits per heavy atom. The Labute approximate surface area is 119 Å². The van der Waals surface area contributed by atoms with Gasteiger partial charge in [0.2, 0.25) is 14.2 Å². The van der Waals surface area contributed by atoms with Crippen molar-refractivity contribution in [2.75, 3.05) is 0 Å². The molecule has 0 atom stereocenters. The van der Waals surface area contributed by atoms with E-state index in [1.54, 1.807) is 0 Å². The molecular formula is C13H29NO3Si2. The van der Waals surface area contributed by atoms with Crippen molar-refractivity contribution in [2.24, 2.45) is 5.73 Å². The number of allylic oxidation sites excluding steroid dienone is 2. The highest BCUT2D eigenvalue weighted by Crippen LogP contribution is 2.09. The van der Waals surface area contributed by atoms with Gasteiger partial charge in [-0.05, 0) is 33.5 Å². The topological polar surface area (TPSA) is 69.4 Å². The summed E-state index contributed by atoms with van der Waals surface area (Å²) in [6.45, 7) is 16.0. The van der Waals surface area contributed by atoms with E-state index in [9.17, 15) is 9.59 Å². The second-order valence-corrected chi connectivity index (χ2v) is 16.7. The van der Waals surface area contributed by atoms with Crippen LogP contribution in [0.2, 0.25) is 45.3 Å². The van der Waals surface area contributed by atoms with E-state index in [4.69, 9.17) is 10.2 Å². The lowest BCUT2D eigenvalue weighted by atomic mass is 10.4. The Hall–Kier alpha value is -0.886. The van der Waals surface area contributed by atoms with Crippen molar-refractivity contribution >= 4 is 28.1 Å². The van der Waals surface area contributed by atoms with Crippen LogP contribution < -0.4 is 5.73 Å². The molecule has 0 aliphatic rings. The molecule has 0 aliphatic carbocycles. The third-order valence-electron chi connectivity index (χ3n) is 1.58. The molecule has 6 heteroatoms. The molecule has 0 saturated heterocycles. The standard InChI is InChI=1S/C8H16O2Si.C5H13NOSi/c1-7(9)6-8(2)10-11(3,4)5;1-8(2,3)4-5(6)7/h6H,1-5H3;4H2,1-3H3,(H2,6,7). The number of hydrogen-bond donors (Lipinski definition) is 1. The number of amides is 1. The molecule has 0 aromatic carbocycles. The molecule has 0 saturated carbocycles. The molecule has 0 radical (unpaired) electrons. The van der Waals surface area contributed by atoms with Gasteiger partial charge in [-0.2, -0.15) is 0 Å². The first kappa shape index (κ1) is 20.4. The average molecular weight is 304 g/mol. The number of hydrogen-bond acceptors (Lipinski definition) is 3. The molecule has 0 aliphatic heterocycles. The van der Waals surface area contributed by atoms with Gasteiger partial charge in [0.05, 0.1) is 13.8 Å². The number of rotatable bonds is 5. The van der Waals surface area contributed by atoms with Gasteiger partial charge in [-0.15, -0.1) is 0 Å². The molecule has 0 aromatic heterocycles. The van der Waals surface area contributed by atoms with Crippen molar-refractivity contribution in [2.45, 2.75) is 59.2 Å². The van der Waals surface area contributed by atoms with E-state index in [0.717, 1.165) is 5.76 Å². The van der Waals surface area contributed by atoms with Crippen LogP contribution in [0.1, 0.15) is 13.8 Å². The molecule has 112 valence electrons. The van der Waals surface area contributed by atoms with Crippen LogP contribution in [-0.4, -0.2) is 28.1 Å². The highest BCUT2D eigenvalue weighted by Gasteiger charge is 2.16. The summed E-state index contributed by atoms with van der Waals surface area (Å²) in [7, 11) is -2.70. The zero-order valence-corrected chi connectivity index (χ0v) is 15.6. The number of primary amides is 1. The van der Waals surface area contributed by atoms with Gasteiger partial charge in [-0.1, -0.05) is 19.6 Å². The second kappa shape index (κ2) is 8.32. The highest BCUT2D eigenvalue weighted by molar-refractivity contribution is 6.78. The highest BCUT2D eigenvalue weighted by atomic mass is 28.4. The van der Waals surface area contributed by atoms with E-state index < -0.39 is 16.4 Å². The summed E-state index contributed by atoms with van der Waals surface area (Å²) in [5, 5.41) is 0. The van der Waals surface area contributed by atoms with E-state index in [-0.39, 0.29) is 11.7 Å². The lowest BCUT2D eigenvalue weighted by Gasteiger charge is -2.18. The van der Waals surface area contributed by atoms with Crippen LogP contribution in [0.5, 0.6) is 0 Å². The minimum atomic E-state index is -1.51. The summed E-state index contributed by atoms with van der Waals surface area (Å²) in [4.78, 5) is 20.9. The van der Waals surface area contributed by atoms with E-state index in [2.05, 4.69) is 39.3 Å². The van der Waals surface area contributed by atoms with E-state index in [1.807, 2.05) is 6.92 Å². The van der Waals surface area contributed by atoms with Crippen molar-refractivity contribution in [1.82, 2.24) is 0 Å². The summed E-state index contributed by atoms with van der Waals surface area (Å²) in [5.74, 6) is 0.613. The van der Waals surface area contributed by atoms with Gasteiger partial charge in [0, 0.05) is 12.1 Å². The third-order valence-corrected chi connectivity index (χ3v) is 3.92. The molecule has 0 bridgehead atoms. The van der Waals surface area contributed by atoms with Crippen LogP contribution in [0.3, 0.4) is 0 Å². The summed E-state index contributed by atoms with van der Waals surface area (Å²) in [6.07, 6.45) is 1.53. The number of carbonyl (C=O) groups is 2. The van der Waals surface area contributed by atoms with Gasteiger partial charge in [0.15, 0.2) is 5.78 Å². The normalized spacial score (nSPS) is 12.3. The van der Waals surface area contributed by atoms with E-state index in [0.29, 0.717) is 6.04 Å². The van der Waals surface area contributed by atoms with Gasteiger partial charge in [-0.25, -0.2) is 0 Å². The maximum absolute atomic E-state index is 10.6. The molecule has 2 N–H and O–H groups in total. The minimum Gasteiger partial charge on any atom is -0.547 e. The largest absolute Gasteiger partial charge is 0.547 e. The van der Waals surface area contributed by atoms with Gasteiger partial charge in [0.25, 0.3) is 0 Å². The lowest BCUT2D eigenvalue weighted by Crippen LogP contribution is -2.27. The predicted octanol–water partition coefficient (Wildman–Crippen LogP) is 3.14. The average Bonchev–Trinajstić information content (AvgIpc) is 1.91. The number of ketones is 1. The van der Waals surface area contributed by atoms with Crippen LogP contribution in [0.15, 0.2) is 11.8 Å². The van der Waals surface area contributed by atoms with Crippen LogP contribution in [0.25, 0.3) is 0 Å². The Morgan fingerprint density at radius 3 is 1.63 bits per heavy atom. The first-order valence-corrected chi connectivity index (χ1v) is 13.5. The fourth-order valence-corrected chi connectivity index (χ4v) is 3.39. The van der Waals surface area contributed by atoms with Crippen molar-refractivity contribution < 1.29 is 14.0 Å². The molecule has 0 rings (SSSR count). The van der Waals surface area contributed by atoms with Crippen LogP contribution in [0.4, 0.5) is 0 Å². The molecule has 0 spiro atoms. The fourth-order valence-electron chi connectivity index (χ4n) is 1.32. The molecule has 19 heavy (non-hydrogen) atoms. The molecule has 4 nitrogen and oxygen atoms in total. The van der Waals surface area contributed by atoms with E-state index >= 15 is 0 Å². The summed E-state index contributed by atoms with van der Waals surface area (Å²) < 4.78 is 5.53. The van der Waals surface area contributed by atoms with Crippen LogP contribution in [0, 0.1) is 0 Å². The molecule has 0 heterocycles. The monoisotopic (exact) mass is 303 g/mol. The smallest absolute Gasteiger partial charge is 0.241 e. The summed E-state index contributed by atoms with van der Waals surface area (Å²) in [5.41, 5.74) is 4.97. The lowest BCUT2D eigenvalue weighted by molar-refractivity contribution is -0.116. The number of carbonyl (C=O) groups excluding carboxylic acids is 2. The SMILES string of the molecule is CC(=O)C=C(C)O[Si](C)(C)C.C[Si](C)(C)CC(N)=O. The van der Waals surface area contributed by atoms with Gasteiger partial charge in [0.1, 0.15) is 0 Å². The molecule has 1 amide bonds. The second-order valence-electron chi connectivity index (χ2n) is 6.78. The Bertz CT molecular complexity index is 339. The van der Waals surface area contributed by atoms with Crippen molar-refractivity contribution in [3.8, 4) is 0 Å². The maximum atomic E-state index is 10.6. The summed E-state index contributed by atoms with van der Waals surface area (Å²) in [6, 6.07) is 0.604. The van der Waals surface area contributed by atoms with Gasteiger partial charge in [-0.3, -0.25) is 9.59 Å². The zero-order valence-electron chi connectivity index (χ0n) is 13.6. The minimum absolute atomic E-state index is 0.0424. The van der Waals surface area contributed by atoms with Crippen LogP contribution >= 0.6 is 0 Å². The third kappa shape index (κ3) is 22.7. The Kier molecular flexibility index (Phi) is 8.94. The Morgan fingerprint density at radius 1 is 1.05 bits per heavy atom. The van der Waals surface area contributed by atoms with Crippen molar-refractivity contribution in [3.63, 3.8) is 0 Å². The maximum Gasteiger partial charge on any atom is 0.241 e. The van der Waals surface area contributed by atoms with E-state index in [1.165, 1.54) is 13.0 Å². The predicted molar refractivity (Wildman–Crippen MR) is 86.2 cm³/mol. The Balaban J connectivity index is 0. The molecule has 0 unspecified atom stereocenters. The molecular weight excluding hydrogens is 274 g/mol. The quantitative estimate of drug-likeness (QED) is 0.482. The fraction of sp³-hybridized carbons (Fsp3) is 0.692. The zero-order chi connectivity index (χ0) is 15.9. The number of nitrogens with two attached hydrogens (primary N) is 1. The van der Waals surface area contributed by atoms with Crippen molar-refractivity contribution in [3.05, 3.63) is 11.8 Å². The van der Waals surface area contributed by atoms with Gasteiger partial charge >= 0.3 is 0 Å². The van der Waals surface area contributed by atoms with Crippen molar-refractivity contribution in [1.29, 1.82) is 0 Å².